The molecule has 0 radical (unpaired) electrons. The van der Waals surface area contributed by atoms with Gasteiger partial charge in [-0.05, 0) is 11.1 Å². The summed E-state index contributed by atoms with van der Waals surface area (Å²) >= 11 is 8.34. The number of carbonyl (C=O) groups excluding carboxylic acids is 5. The number of carbonyl (C=O) groups is 5. The fourth-order valence-corrected chi connectivity index (χ4v) is 6.88. The molecule has 0 bridgehead atoms. The SMILES string of the molecule is CC(=O)OCC1=C(C(=O)OC(c2ccccc2)c2ccccc2)N2C(=O)C(NC(=O)/C(=C/Cl)c3csc(NC=O)n3)[C@H]2SC1. The summed E-state index contributed by atoms with van der Waals surface area (Å²) in [6.45, 7) is 1.04. The topological polar surface area (TPSA) is 144 Å². The first-order chi connectivity index (χ1) is 21.3. The highest BCUT2D eigenvalue weighted by atomic mass is 35.5. The maximum atomic E-state index is 13.9. The van der Waals surface area contributed by atoms with Gasteiger partial charge in [-0.3, -0.25) is 24.1 Å². The number of hydrogen-bond acceptors (Lipinski definition) is 10. The van der Waals surface area contributed by atoms with E-state index in [0.29, 0.717) is 12.0 Å². The van der Waals surface area contributed by atoms with Crippen molar-refractivity contribution in [3.8, 4) is 0 Å². The quantitative estimate of drug-likeness (QED) is 0.137. The molecule has 3 heterocycles. The Labute approximate surface area is 265 Å². The summed E-state index contributed by atoms with van der Waals surface area (Å²) in [6.07, 6.45) is -0.317. The van der Waals surface area contributed by atoms with E-state index < -0.39 is 41.3 Å². The maximum absolute atomic E-state index is 13.9. The highest BCUT2D eigenvalue weighted by Crippen LogP contribution is 2.42. The van der Waals surface area contributed by atoms with Crippen molar-refractivity contribution >= 4 is 75.6 Å². The minimum atomic E-state index is -0.984. The number of benzene rings is 2. The van der Waals surface area contributed by atoms with Crippen molar-refractivity contribution in [2.45, 2.75) is 24.4 Å². The van der Waals surface area contributed by atoms with Crippen molar-refractivity contribution in [3.05, 3.63) is 99.7 Å². The van der Waals surface area contributed by atoms with Crippen LogP contribution in [0.1, 0.15) is 29.8 Å². The van der Waals surface area contributed by atoms with E-state index in [2.05, 4.69) is 15.6 Å². The number of nitrogens with one attached hydrogen (secondary N) is 2. The second-order valence-electron chi connectivity index (χ2n) is 9.52. The van der Waals surface area contributed by atoms with Gasteiger partial charge in [0.05, 0.1) is 11.3 Å². The van der Waals surface area contributed by atoms with E-state index in [4.69, 9.17) is 21.1 Å². The van der Waals surface area contributed by atoms with E-state index in [1.807, 2.05) is 60.7 Å². The molecule has 2 aliphatic heterocycles. The third kappa shape index (κ3) is 6.54. The van der Waals surface area contributed by atoms with Crippen LogP contribution in [0.2, 0.25) is 0 Å². The zero-order valence-electron chi connectivity index (χ0n) is 23.1. The van der Waals surface area contributed by atoms with Gasteiger partial charge in [0, 0.05) is 29.2 Å². The second kappa shape index (κ2) is 13.9. The summed E-state index contributed by atoms with van der Waals surface area (Å²) in [5, 5.41) is 6.26. The average molecular weight is 653 g/mol. The zero-order valence-corrected chi connectivity index (χ0v) is 25.5. The fraction of sp³-hybridized carbons (Fsp3) is 0.200. The van der Waals surface area contributed by atoms with Crippen molar-refractivity contribution < 1.29 is 33.4 Å². The van der Waals surface area contributed by atoms with Gasteiger partial charge < -0.3 is 20.1 Å². The number of aromatic nitrogens is 1. The summed E-state index contributed by atoms with van der Waals surface area (Å²) in [5.41, 5.74) is 3.08. The van der Waals surface area contributed by atoms with E-state index in [9.17, 15) is 24.0 Å². The molecule has 44 heavy (non-hydrogen) atoms. The number of esters is 2. The minimum Gasteiger partial charge on any atom is -0.461 e. The molecule has 1 unspecified atom stereocenters. The lowest BCUT2D eigenvalue weighted by Gasteiger charge is -2.49. The van der Waals surface area contributed by atoms with Gasteiger partial charge in [-0.15, -0.1) is 23.1 Å². The molecule has 226 valence electrons. The Balaban J connectivity index is 1.39. The van der Waals surface area contributed by atoms with Gasteiger partial charge in [0.15, 0.2) is 11.2 Å². The Bertz CT molecular complexity index is 1610. The van der Waals surface area contributed by atoms with E-state index in [1.54, 1.807) is 0 Å². The second-order valence-corrected chi connectivity index (χ2v) is 11.7. The van der Waals surface area contributed by atoms with Crippen LogP contribution in [0.25, 0.3) is 5.57 Å². The van der Waals surface area contributed by atoms with Crippen LogP contribution in [0.4, 0.5) is 5.13 Å². The smallest absolute Gasteiger partial charge is 0.356 e. The number of anilines is 1. The molecular weight excluding hydrogens is 628 g/mol. The van der Waals surface area contributed by atoms with Crippen molar-refractivity contribution in [1.82, 2.24) is 15.2 Å². The van der Waals surface area contributed by atoms with Crippen molar-refractivity contribution in [1.29, 1.82) is 0 Å². The van der Waals surface area contributed by atoms with Gasteiger partial charge in [0.2, 0.25) is 6.41 Å². The molecule has 3 aromatic rings. The number of amides is 3. The predicted molar refractivity (Wildman–Crippen MR) is 165 cm³/mol. The Morgan fingerprint density at radius 1 is 1.11 bits per heavy atom. The normalized spacial score (nSPS) is 17.8. The predicted octanol–water partition coefficient (Wildman–Crippen LogP) is 3.84. The third-order valence-electron chi connectivity index (χ3n) is 6.72. The van der Waals surface area contributed by atoms with E-state index in [1.165, 1.54) is 29.0 Å². The summed E-state index contributed by atoms with van der Waals surface area (Å²) in [7, 11) is 0. The number of β-lactam (4-membered cyclic amide) rings is 1. The molecule has 0 saturated carbocycles. The number of nitrogens with zero attached hydrogens (tertiary/aromatic N) is 2. The van der Waals surface area contributed by atoms with Gasteiger partial charge in [-0.1, -0.05) is 72.3 Å². The van der Waals surface area contributed by atoms with Crippen molar-refractivity contribution in [2.75, 3.05) is 17.7 Å². The molecule has 5 rings (SSSR count). The van der Waals surface area contributed by atoms with Crippen LogP contribution < -0.4 is 10.6 Å². The Morgan fingerprint density at radius 2 is 1.77 bits per heavy atom. The van der Waals surface area contributed by atoms with Gasteiger partial charge in [0.1, 0.15) is 23.7 Å². The lowest BCUT2D eigenvalue weighted by molar-refractivity contribution is -0.154. The summed E-state index contributed by atoms with van der Waals surface area (Å²) in [4.78, 5) is 68.3. The largest absolute Gasteiger partial charge is 0.461 e. The van der Waals surface area contributed by atoms with Crippen molar-refractivity contribution in [2.24, 2.45) is 0 Å². The Morgan fingerprint density at radius 3 is 2.36 bits per heavy atom. The number of fused-ring (bicyclic) bond motifs is 1. The molecule has 1 saturated heterocycles. The molecule has 1 fully saturated rings. The van der Waals surface area contributed by atoms with Crippen LogP contribution in [-0.4, -0.2) is 63.8 Å². The van der Waals surface area contributed by atoms with Gasteiger partial charge in [-0.25, -0.2) is 9.78 Å². The van der Waals surface area contributed by atoms with Gasteiger partial charge in [0.25, 0.3) is 11.8 Å². The number of thioether (sulfide) groups is 1. The molecule has 0 aliphatic carbocycles. The van der Waals surface area contributed by atoms with Crippen LogP contribution in [0, 0.1) is 0 Å². The van der Waals surface area contributed by atoms with Gasteiger partial charge >= 0.3 is 11.9 Å². The highest BCUT2D eigenvalue weighted by Gasteiger charge is 2.55. The molecule has 3 amide bonds. The zero-order chi connectivity index (χ0) is 31.2. The molecule has 11 nitrogen and oxygen atoms in total. The number of halogens is 1. The summed E-state index contributed by atoms with van der Waals surface area (Å²) in [6, 6.07) is 17.4. The molecular formula is C30H25ClN4O7S2. The van der Waals surface area contributed by atoms with E-state index in [-0.39, 0.29) is 34.5 Å². The number of ether oxygens (including phenoxy) is 2. The fourth-order valence-electron chi connectivity index (χ4n) is 4.67. The molecule has 2 aromatic carbocycles. The summed E-state index contributed by atoms with van der Waals surface area (Å²) < 4.78 is 11.3. The van der Waals surface area contributed by atoms with Gasteiger partial charge in [-0.2, -0.15) is 0 Å². The van der Waals surface area contributed by atoms with Crippen LogP contribution >= 0.6 is 34.7 Å². The molecule has 1 aromatic heterocycles. The van der Waals surface area contributed by atoms with Crippen LogP contribution in [0.5, 0.6) is 0 Å². The molecule has 2 N–H and O–H groups in total. The Kier molecular flexibility index (Phi) is 9.78. The van der Waals surface area contributed by atoms with E-state index in [0.717, 1.165) is 28.0 Å². The lowest BCUT2D eigenvalue weighted by Crippen LogP contribution is -2.70. The maximum Gasteiger partial charge on any atom is 0.356 e. The standard InChI is InChI=1S/C30H25ClN4O7S2/c1-17(37)41-13-20-14-43-28-23(34-26(38)21(12-31)22-15-44-30(33-22)32-16-36)27(39)35(28)24(20)29(40)42-25(18-8-4-2-5-9-18)19-10-6-3-7-11-19/h2-12,15-16,23,25,28H,13-14H2,1H3,(H,34,38)(H,32,33,36)/b21-12+/t23?,28-/m1/s1. The number of rotatable bonds is 11. The third-order valence-corrected chi connectivity index (χ3v) is 9.05. The summed E-state index contributed by atoms with van der Waals surface area (Å²) in [5.74, 6) is -2.28. The first-order valence-electron chi connectivity index (χ1n) is 13.2. The van der Waals surface area contributed by atoms with Crippen LogP contribution in [0.3, 0.4) is 0 Å². The number of thiazole rings is 1. The average Bonchev–Trinajstić information content (AvgIpc) is 3.50. The molecule has 14 heteroatoms. The highest BCUT2D eigenvalue weighted by molar-refractivity contribution is 8.00. The Hall–Kier alpha value is -4.46. The first kappa shape index (κ1) is 31.0. The van der Waals surface area contributed by atoms with Crippen LogP contribution in [-0.2, 0) is 33.4 Å². The monoisotopic (exact) mass is 652 g/mol. The molecule has 2 atom stereocenters. The first-order valence-corrected chi connectivity index (χ1v) is 15.6. The number of hydrogen-bond donors (Lipinski definition) is 2. The molecule has 0 spiro atoms. The molecule has 2 aliphatic rings. The van der Waals surface area contributed by atoms with Crippen molar-refractivity contribution in [3.63, 3.8) is 0 Å². The lowest BCUT2D eigenvalue weighted by atomic mass is 10.0. The van der Waals surface area contributed by atoms with E-state index >= 15 is 0 Å². The van der Waals surface area contributed by atoms with Crippen LogP contribution in [0.15, 0.2) is 82.8 Å². The minimum absolute atomic E-state index is 0.00629.